The van der Waals surface area contributed by atoms with Crippen molar-refractivity contribution >= 4 is 29.8 Å². The molecule has 0 spiro atoms. The Bertz CT molecular complexity index is 460. The van der Waals surface area contributed by atoms with Gasteiger partial charge in [-0.2, -0.15) is 0 Å². The first-order chi connectivity index (χ1) is 8.75. The van der Waals surface area contributed by atoms with Crippen LogP contribution in [-0.4, -0.2) is 9.62 Å². The molecular weight excluding hydrogens is 262 g/mol. The van der Waals surface area contributed by atoms with Crippen LogP contribution in [0.2, 0.25) is 0 Å². The highest BCUT2D eigenvalue weighted by atomic mass is 32.2. The number of hydrogen-bond donors (Lipinski definition) is 0. The monoisotopic (exact) mass is 275 g/mol. The smallest absolute Gasteiger partial charge is 0.240 e. The zero-order valence-corrected chi connectivity index (χ0v) is 11.6. The van der Waals surface area contributed by atoms with Crippen LogP contribution < -0.4 is 0 Å². The van der Waals surface area contributed by atoms with Gasteiger partial charge in [-0.05, 0) is 24.3 Å². The zero-order valence-electron chi connectivity index (χ0n) is 9.95. The van der Waals surface area contributed by atoms with Crippen LogP contribution >= 0.6 is 23.9 Å². The van der Waals surface area contributed by atoms with E-state index in [-0.39, 0.29) is 5.91 Å². The summed E-state index contributed by atoms with van der Waals surface area (Å²) in [5.74, 6) is 0.0257. The molecule has 0 radical (unpaired) electrons. The van der Waals surface area contributed by atoms with Crippen LogP contribution in [0.3, 0.4) is 0 Å². The molecule has 0 aliphatic rings. The van der Waals surface area contributed by atoms with Gasteiger partial charge in [-0.1, -0.05) is 36.4 Å². The molecule has 0 aromatic heterocycles. The van der Waals surface area contributed by atoms with Gasteiger partial charge >= 0.3 is 0 Å². The molecule has 0 fully saturated rings. The van der Waals surface area contributed by atoms with Crippen molar-refractivity contribution < 1.29 is 4.79 Å². The molecular formula is C14H13NOS2. The second kappa shape index (κ2) is 6.52. The van der Waals surface area contributed by atoms with E-state index in [2.05, 4.69) is 0 Å². The Morgan fingerprint density at radius 2 is 1.22 bits per heavy atom. The summed E-state index contributed by atoms with van der Waals surface area (Å²) in [5.41, 5.74) is 0. The molecule has 0 atom stereocenters. The molecule has 0 N–H and O–H groups in total. The average molecular weight is 275 g/mol. The first kappa shape index (κ1) is 13.1. The molecule has 2 aromatic rings. The fourth-order valence-corrected chi connectivity index (χ4v) is 3.16. The van der Waals surface area contributed by atoms with Crippen LogP contribution in [0.4, 0.5) is 0 Å². The van der Waals surface area contributed by atoms with Gasteiger partial charge in [0.1, 0.15) is 0 Å². The fraction of sp³-hybridized carbons (Fsp3) is 0.0714. The lowest BCUT2D eigenvalue weighted by Crippen LogP contribution is -2.12. The minimum absolute atomic E-state index is 0.0257. The van der Waals surface area contributed by atoms with Gasteiger partial charge in [0.25, 0.3) is 0 Å². The minimum Gasteiger partial charge on any atom is -0.273 e. The van der Waals surface area contributed by atoms with Gasteiger partial charge in [0, 0.05) is 40.6 Å². The van der Waals surface area contributed by atoms with E-state index < -0.39 is 0 Å². The van der Waals surface area contributed by atoms with Crippen LogP contribution in [0.15, 0.2) is 70.5 Å². The van der Waals surface area contributed by atoms with E-state index in [4.69, 9.17) is 0 Å². The molecule has 2 rings (SSSR count). The predicted octanol–water partition coefficient (Wildman–Crippen LogP) is 4.25. The molecule has 4 heteroatoms. The van der Waals surface area contributed by atoms with Crippen LogP contribution in [0.5, 0.6) is 0 Å². The summed E-state index contributed by atoms with van der Waals surface area (Å²) < 4.78 is 1.69. The highest BCUT2D eigenvalue weighted by Gasteiger charge is 2.12. The number of carbonyl (C=O) groups excluding carboxylic acids is 1. The molecule has 2 aromatic carbocycles. The SMILES string of the molecule is CC(=O)N(Sc1ccccc1)Sc1ccccc1. The third-order valence-electron chi connectivity index (χ3n) is 2.12. The topological polar surface area (TPSA) is 20.3 Å². The van der Waals surface area contributed by atoms with E-state index in [1.807, 2.05) is 60.7 Å². The number of carbonyl (C=O) groups is 1. The highest BCUT2D eigenvalue weighted by molar-refractivity contribution is 8.12. The van der Waals surface area contributed by atoms with Crippen molar-refractivity contribution in [2.24, 2.45) is 0 Å². The summed E-state index contributed by atoms with van der Waals surface area (Å²) in [6.07, 6.45) is 0. The summed E-state index contributed by atoms with van der Waals surface area (Å²) in [6, 6.07) is 19.8. The lowest BCUT2D eigenvalue weighted by Gasteiger charge is -2.17. The third kappa shape index (κ3) is 3.82. The van der Waals surface area contributed by atoms with Gasteiger partial charge < -0.3 is 0 Å². The van der Waals surface area contributed by atoms with E-state index in [1.165, 1.54) is 23.9 Å². The summed E-state index contributed by atoms with van der Waals surface area (Å²) in [7, 11) is 0. The van der Waals surface area contributed by atoms with Crippen molar-refractivity contribution in [2.45, 2.75) is 16.7 Å². The first-order valence-corrected chi connectivity index (χ1v) is 7.07. The molecule has 0 aliphatic heterocycles. The molecule has 18 heavy (non-hydrogen) atoms. The van der Waals surface area contributed by atoms with Gasteiger partial charge in [0.15, 0.2) is 0 Å². The van der Waals surface area contributed by atoms with Crippen molar-refractivity contribution in [3.63, 3.8) is 0 Å². The van der Waals surface area contributed by atoms with Gasteiger partial charge in [-0.15, -0.1) is 0 Å². The van der Waals surface area contributed by atoms with E-state index in [9.17, 15) is 4.79 Å². The molecule has 0 unspecified atom stereocenters. The lowest BCUT2D eigenvalue weighted by atomic mass is 10.4. The number of rotatable bonds is 4. The lowest BCUT2D eigenvalue weighted by molar-refractivity contribution is -0.120. The Kier molecular flexibility index (Phi) is 4.73. The van der Waals surface area contributed by atoms with Crippen molar-refractivity contribution in [2.75, 3.05) is 0 Å². The number of nitrogens with zero attached hydrogens (tertiary/aromatic N) is 1. The van der Waals surface area contributed by atoms with E-state index in [0.717, 1.165) is 9.79 Å². The maximum atomic E-state index is 11.6. The second-order valence-corrected chi connectivity index (χ2v) is 5.85. The second-order valence-electron chi connectivity index (χ2n) is 3.58. The van der Waals surface area contributed by atoms with Crippen LogP contribution in [0.1, 0.15) is 6.92 Å². The largest absolute Gasteiger partial charge is 0.273 e. The minimum atomic E-state index is 0.0257. The Balaban J connectivity index is 2.08. The van der Waals surface area contributed by atoms with Crippen LogP contribution in [0.25, 0.3) is 0 Å². The normalized spacial score (nSPS) is 10.1. The first-order valence-electron chi connectivity index (χ1n) is 5.52. The maximum Gasteiger partial charge on any atom is 0.240 e. The maximum absolute atomic E-state index is 11.6. The van der Waals surface area contributed by atoms with E-state index >= 15 is 0 Å². The fourth-order valence-electron chi connectivity index (χ4n) is 1.30. The number of amides is 1. The van der Waals surface area contributed by atoms with Crippen molar-refractivity contribution in [3.8, 4) is 0 Å². The van der Waals surface area contributed by atoms with E-state index in [0.29, 0.717) is 0 Å². The summed E-state index contributed by atoms with van der Waals surface area (Å²) in [6.45, 7) is 1.58. The molecule has 0 bridgehead atoms. The standard InChI is InChI=1S/C14H13NOS2/c1-12(16)15(17-13-8-4-2-5-9-13)18-14-10-6-3-7-11-14/h2-11H,1H3. The molecule has 1 amide bonds. The Labute approximate surface area is 116 Å². The molecule has 0 saturated carbocycles. The van der Waals surface area contributed by atoms with Crippen molar-refractivity contribution in [3.05, 3.63) is 60.7 Å². The zero-order chi connectivity index (χ0) is 12.8. The van der Waals surface area contributed by atoms with Crippen LogP contribution in [0, 0.1) is 0 Å². The number of benzene rings is 2. The van der Waals surface area contributed by atoms with Gasteiger partial charge in [-0.25, -0.2) is 3.71 Å². The predicted molar refractivity (Wildman–Crippen MR) is 77.1 cm³/mol. The van der Waals surface area contributed by atoms with Gasteiger partial charge in [0.05, 0.1) is 0 Å². The van der Waals surface area contributed by atoms with Gasteiger partial charge in [-0.3, -0.25) is 4.79 Å². The van der Waals surface area contributed by atoms with Crippen LogP contribution in [-0.2, 0) is 4.79 Å². The Morgan fingerprint density at radius 1 is 0.833 bits per heavy atom. The highest BCUT2D eigenvalue weighted by Crippen LogP contribution is 2.33. The van der Waals surface area contributed by atoms with E-state index in [1.54, 1.807) is 10.6 Å². The summed E-state index contributed by atoms with van der Waals surface area (Å²) >= 11 is 2.88. The molecule has 2 nitrogen and oxygen atoms in total. The summed E-state index contributed by atoms with van der Waals surface area (Å²) in [5, 5.41) is 0. The quantitative estimate of drug-likeness (QED) is 0.778. The molecule has 0 aliphatic carbocycles. The number of hydrogen-bond acceptors (Lipinski definition) is 3. The molecule has 92 valence electrons. The molecule has 0 heterocycles. The van der Waals surface area contributed by atoms with Gasteiger partial charge in [0.2, 0.25) is 5.91 Å². The Morgan fingerprint density at radius 3 is 1.56 bits per heavy atom. The molecule has 0 saturated heterocycles. The summed E-state index contributed by atoms with van der Waals surface area (Å²) in [4.78, 5) is 13.7. The van der Waals surface area contributed by atoms with Crippen molar-refractivity contribution in [1.29, 1.82) is 0 Å². The average Bonchev–Trinajstić information content (AvgIpc) is 2.40. The van der Waals surface area contributed by atoms with Crippen molar-refractivity contribution in [1.82, 2.24) is 3.71 Å². The Hall–Kier alpha value is -1.39. The third-order valence-corrected chi connectivity index (χ3v) is 4.38.